The van der Waals surface area contributed by atoms with Crippen LogP contribution in [-0.2, 0) is 0 Å². The van der Waals surface area contributed by atoms with E-state index in [4.69, 9.17) is 10.5 Å². The second-order valence-electron chi connectivity index (χ2n) is 6.65. The number of piperidine rings is 1. The van der Waals surface area contributed by atoms with Gasteiger partial charge in [-0.2, -0.15) is 0 Å². The number of nitrogens with zero attached hydrogens (tertiary/aromatic N) is 4. The number of urea groups is 1. The van der Waals surface area contributed by atoms with Crippen LogP contribution in [0.5, 0.6) is 11.6 Å². The van der Waals surface area contributed by atoms with E-state index in [0.29, 0.717) is 24.8 Å². The first-order chi connectivity index (χ1) is 12.9. The maximum Gasteiger partial charge on any atom is 0.323 e. The molecule has 3 N–H and O–H groups in total. The number of nitrogen functional groups attached to an aromatic ring is 1. The quantitative estimate of drug-likeness (QED) is 0.799. The van der Waals surface area contributed by atoms with Gasteiger partial charge < -0.3 is 20.3 Å². The zero-order chi connectivity index (χ0) is 19.4. The van der Waals surface area contributed by atoms with Gasteiger partial charge in [-0.05, 0) is 39.1 Å². The number of halogens is 1. The summed E-state index contributed by atoms with van der Waals surface area (Å²) < 4.78 is 19.3. The molecular weight excluding hydrogens is 351 g/mol. The molecule has 0 bridgehead atoms. The molecular formula is C18H23FN6O2. The smallest absolute Gasteiger partial charge is 0.323 e. The van der Waals surface area contributed by atoms with Crippen molar-refractivity contribution in [3.63, 3.8) is 0 Å². The van der Waals surface area contributed by atoms with Gasteiger partial charge >= 0.3 is 6.03 Å². The van der Waals surface area contributed by atoms with Crippen LogP contribution in [0.4, 0.5) is 20.7 Å². The minimum absolute atomic E-state index is 0.00839. The first kappa shape index (κ1) is 18.8. The van der Waals surface area contributed by atoms with E-state index in [1.54, 1.807) is 4.90 Å². The summed E-state index contributed by atoms with van der Waals surface area (Å²) >= 11 is 0. The molecule has 9 heteroatoms. The Kier molecular flexibility index (Phi) is 5.70. The molecule has 2 amide bonds. The minimum Gasteiger partial charge on any atom is -0.436 e. The lowest BCUT2D eigenvalue weighted by atomic mass is 10.0. The summed E-state index contributed by atoms with van der Waals surface area (Å²) in [6.07, 6.45) is 3.10. The van der Waals surface area contributed by atoms with Gasteiger partial charge in [0, 0.05) is 37.0 Å². The molecule has 1 aromatic heterocycles. The van der Waals surface area contributed by atoms with E-state index in [1.807, 2.05) is 14.1 Å². The Morgan fingerprint density at radius 3 is 2.70 bits per heavy atom. The van der Waals surface area contributed by atoms with Crippen molar-refractivity contribution in [3.8, 4) is 11.6 Å². The molecule has 1 fully saturated rings. The Bertz CT molecular complexity index is 808. The van der Waals surface area contributed by atoms with Crippen LogP contribution in [0.1, 0.15) is 12.8 Å². The van der Waals surface area contributed by atoms with E-state index in [1.165, 1.54) is 24.5 Å². The number of carbonyl (C=O) groups is 1. The van der Waals surface area contributed by atoms with Crippen LogP contribution in [0.3, 0.4) is 0 Å². The van der Waals surface area contributed by atoms with E-state index in [0.717, 1.165) is 18.9 Å². The molecule has 1 aliphatic rings. The third-order valence-electron chi connectivity index (χ3n) is 4.53. The molecule has 1 saturated heterocycles. The maximum absolute atomic E-state index is 13.8. The van der Waals surface area contributed by atoms with E-state index in [9.17, 15) is 9.18 Å². The highest BCUT2D eigenvalue weighted by Crippen LogP contribution is 2.25. The lowest BCUT2D eigenvalue weighted by Gasteiger charge is -2.35. The van der Waals surface area contributed by atoms with Crippen molar-refractivity contribution in [2.45, 2.75) is 18.9 Å². The number of hydrogen-bond acceptors (Lipinski definition) is 6. The summed E-state index contributed by atoms with van der Waals surface area (Å²) in [5, 5.41) is 2.73. The second-order valence-corrected chi connectivity index (χ2v) is 6.65. The predicted octanol–water partition coefficient (Wildman–Crippen LogP) is 2.55. The SMILES string of the molecule is CN(C)C1CCN(C(=O)Nc2cc(Oc3ccc(N)cc3F)ncn2)CC1. The van der Waals surface area contributed by atoms with Crippen LogP contribution in [0.25, 0.3) is 0 Å². The Hall–Kier alpha value is -2.94. The van der Waals surface area contributed by atoms with Gasteiger partial charge in [-0.1, -0.05) is 0 Å². The number of hydrogen-bond donors (Lipinski definition) is 2. The fourth-order valence-corrected chi connectivity index (χ4v) is 2.95. The van der Waals surface area contributed by atoms with Crippen LogP contribution >= 0.6 is 0 Å². The number of rotatable bonds is 4. The van der Waals surface area contributed by atoms with Gasteiger partial charge in [-0.3, -0.25) is 5.32 Å². The van der Waals surface area contributed by atoms with E-state index < -0.39 is 5.82 Å². The molecule has 0 spiro atoms. The molecule has 8 nitrogen and oxygen atoms in total. The standard InChI is InChI=1S/C18H23FN6O2/c1-24(2)13-5-7-25(8-6-13)18(26)23-16-10-17(22-11-21-16)27-15-4-3-12(20)9-14(15)19/h3-4,9-11,13H,5-8,20H2,1-2H3,(H,21,22,23,26). The lowest BCUT2D eigenvalue weighted by molar-refractivity contribution is 0.156. The number of likely N-dealkylation sites (tertiary alicyclic amines) is 1. The molecule has 27 heavy (non-hydrogen) atoms. The first-order valence-electron chi connectivity index (χ1n) is 8.69. The number of amides is 2. The number of nitrogens with two attached hydrogens (primary N) is 1. The van der Waals surface area contributed by atoms with Crippen LogP contribution < -0.4 is 15.8 Å². The van der Waals surface area contributed by atoms with Crippen molar-refractivity contribution in [1.29, 1.82) is 0 Å². The Morgan fingerprint density at radius 2 is 2.04 bits per heavy atom. The number of nitrogens with one attached hydrogen (secondary N) is 1. The average Bonchev–Trinajstić information content (AvgIpc) is 2.64. The highest BCUT2D eigenvalue weighted by Gasteiger charge is 2.24. The van der Waals surface area contributed by atoms with Crippen molar-refractivity contribution in [2.75, 3.05) is 38.2 Å². The number of benzene rings is 1. The predicted molar refractivity (Wildman–Crippen MR) is 100 cm³/mol. The zero-order valence-electron chi connectivity index (χ0n) is 15.4. The van der Waals surface area contributed by atoms with Crippen LogP contribution in [0.2, 0.25) is 0 Å². The van der Waals surface area contributed by atoms with E-state index in [-0.39, 0.29) is 23.5 Å². The van der Waals surface area contributed by atoms with Crippen molar-refractivity contribution >= 4 is 17.5 Å². The summed E-state index contributed by atoms with van der Waals surface area (Å²) in [5.74, 6) is -0.195. The number of carbonyl (C=O) groups excluding carboxylic acids is 1. The average molecular weight is 374 g/mol. The second kappa shape index (κ2) is 8.17. The van der Waals surface area contributed by atoms with Gasteiger partial charge in [0.25, 0.3) is 0 Å². The van der Waals surface area contributed by atoms with Gasteiger partial charge in [-0.15, -0.1) is 0 Å². The normalized spacial score (nSPS) is 15.0. The van der Waals surface area contributed by atoms with Crippen molar-refractivity contribution in [2.24, 2.45) is 0 Å². The monoisotopic (exact) mass is 374 g/mol. The molecule has 0 unspecified atom stereocenters. The number of anilines is 2. The Labute approximate surface area is 157 Å². The minimum atomic E-state index is -0.594. The third-order valence-corrected chi connectivity index (χ3v) is 4.53. The lowest BCUT2D eigenvalue weighted by Crippen LogP contribution is -2.46. The molecule has 1 aliphatic heterocycles. The van der Waals surface area contributed by atoms with Gasteiger partial charge in [0.1, 0.15) is 12.1 Å². The topological polar surface area (TPSA) is 96.6 Å². The van der Waals surface area contributed by atoms with Crippen LogP contribution in [-0.4, -0.2) is 59.0 Å². The molecule has 0 saturated carbocycles. The van der Waals surface area contributed by atoms with E-state index in [2.05, 4.69) is 20.2 Å². The molecule has 2 aromatic rings. The summed E-state index contributed by atoms with van der Waals surface area (Å²) in [4.78, 5) is 24.3. The summed E-state index contributed by atoms with van der Waals surface area (Å²) in [7, 11) is 4.10. The number of ether oxygens (including phenoxy) is 1. The molecule has 3 rings (SSSR count). The van der Waals surface area contributed by atoms with E-state index >= 15 is 0 Å². The first-order valence-corrected chi connectivity index (χ1v) is 8.69. The van der Waals surface area contributed by atoms with Crippen LogP contribution in [0.15, 0.2) is 30.6 Å². The van der Waals surface area contributed by atoms with Gasteiger partial charge in [0.05, 0.1) is 0 Å². The van der Waals surface area contributed by atoms with Crippen molar-refractivity contribution in [1.82, 2.24) is 19.8 Å². The van der Waals surface area contributed by atoms with Crippen molar-refractivity contribution < 1.29 is 13.9 Å². The van der Waals surface area contributed by atoms with Gasteiger partial charge in [0.15, 0.2) is 11.6 Å². The fraction of sp³-hybridized carbons (Fsp3) is 0.389. The molecule has 2 heterocycles. The third kappa shape index (κ3) is 4.82. The Balaban J connectivity index is 1.61. The molecule has 1 aromatic carbocycles. The molecule has 0 aliphatic carbocycles. The largest absolute Gasteiger partial charge is 0.436 e. The fourth-order valence-electron chi connectivity index (χ4n) is 2.95. The summed E-state index contributed by atoms with van der Waals surface area (Å²) in [6.45, 7) is 1.36. The Morgan fingerprint density at radius 1 is 1.30 bits per heavy atom. The van der Waals surface area contributed by atoms with Gasteiger partial charge in [-0.25, -0.2) is 19.2 Å². The number of aromatic nitrogens is 2. The highest BCUT2D eigenvalue weighted by molar-refractivity contribution is 5.88. The summed E-state index contributed by atoms with van der Waals surface area (Å²) in [5.41, 5.74) is 5.82. The molecule has 0 radical (unpaired) electrons. The summed E-state index contributed by atoms with van der Waals surface area (Å²) in [6, 6.07) is 5.81. The maximum atomic E-state index is 13.8. The van der Waals surface area contributed by atoms with Gasteiger partial charge in [0.2, 0.25) is 5.88 Å². The van der Waals surface area contributed by atoms with Crippen LogP contribution in [0, 0.1) is 5.82 Å². The highest BCUT2D eigenvalue weighted by atomic mass is 19.1. The molecule has 0 atom stereocenters. The molecule has 144 valence electrons. The van der Waals surface area contributed by atoms with Crippen molar-refractivity contribution in [3.05, 3.63) is 36.4 Å². The zero-order valence-corrected chi connectivity index (χ0v) is 15.4.